The van der Waals surface area contributed by atoms with Gasteiger partial charge in [-0.15, -0.1) is 6.58 Å². The first kappa shape index (κ1) is 19.1. The van der Waals surface area contributed by atoms with Crippen LogP contribution in [0, 0.1) is 5.92 Å². The van der Waals surface area contributed by atoms with E-state index in [0.29, 0.717) is 11.8 Å². The van der Waals surface area contributed by atoms with Crippen molar-refractivity contribution in [3.8, 4) is 0 Å². The third kappa shape index (κ3) is 3.72. The van der Waals surface area contributed by atoms with Gasteiger partial charge in [-0.25, -0.2) is 0 Å². The molecule has 0 aliphatic heterocycles. The Kier molecular flexibility index (Phi) is 7.21. The van der Waals surface area contributed by atoms with Crippen molar-refractivity contribution in [1.29, 1.82) is 0 Å². The van der Waals surface area contributed by atoms with Crippen molar-refractivity contribution < 1.29 is 0 Å². The molecule has 0 heterocycles. The summed E-state index contributed by atoms with van der Waals surface area (Å²) in [5, 5.41) is 2.82. The van der Waals surface area contributed by atoms with E-state index in [-0.39, 0.29) is 12.3 Å². The van der Waals surface area contributed by atoms with Crippen molar-refractivity contribution in [3.63, 3.8) is 0 Å². The molecule has 6 N–H and O–H groups in total. The Morgan fingerprint density at radius 3 is 2.57 bits per heavy atom. The Morgan fingerprint density at radius 1 is 1.13 bits per heavy atom. The Labute approximate surface area is 140 Å². The van der Waals surface area contributed by atoms with Crippen LogP contribution in [0.25, 0.3) is 16.8 Å². The van der Waals surface area contributed by atoms with Crippen LogP contribution < -0.4 is 12.3 Å². The summed E-state index contributed by atoms with van der Waals surface area (Å²) < 4.78 is 0. The van der Waals surface area contributed by atoms with Gasteiger partial charge < -0.3 is 12.3 Å². The lowest BCUT2D eigenvalue weighted by molar-refractivity contribution is 0.431. The lowest BCUT2D eigenvalue weighted by Crippen LogP contribution is -2.13. The van der Waals surface area contributed by atoms with Gasteiger partial charge in [-0.2, -0.15) is 0 Å². The molecule has 0 spiro atoms. The highest BCUT2D eigenvalue weighted by Crippen LogP contribution is 2.41. The molecule has 2 aromatic rings. The lowest BCUT2D eigenvalue weighted by Gasteiger charge is -2.28. The molecule has 0 saturated carbocycles. The summed E-state index contributed by atoms with van der Waals surface area (Å²) >= 11 is 0. The van der Waals surface area contributed by atoms with E-state index in [1.807, 2.05) is 0 Å². The van der Waals surface area contributed by atoms with Gasteiger partial charge in [0.1, 0.15) is 0 Å². The third-order valence-corrected chi connectivity index (χ3v) is 4.72. The second kappa shape index (κ2) is 8.66. The molecule has 0 bridgehead atoms. The number of hydrogen-bond donors (Lipinski definition) is 2. The SMILES string of the molecule is C=CCC(CCCC)C1C=Cc2cccc3cccc1c23.N.N. The highest BCUT2D eigenvalue weighted by atomic mass is 14.3. The Morgan fingerprint density at radius 2 is 1.87 bits per heavy atom. The van der Waals surface area contributed by atoms with Crippen LogP contribution in [0.4, 0.5) is 0 Å². The summed E-state index contributed by atoms with van der Waals surface area (Å²) in [4.78, 5) is 0. The predicted octanol–water partition coefficient (Wildman–Crippen LogP) is 6.66. The van der Waals surface area contributed by atoms with Gasteiger partial charge in [-0.3, -0.25) is 0 Å². The molecule has 124 valence electrons. The maximum Gasteiger partial charge on any atom is 0.00589 e. The number of unbranched alkanes of at least 4 members (excludes halogenated alkanes) is 1. The van der Waals surface area contributed by atoms with Gasteiger partial charge in [0.2, 0.25) is 0 Å². The van der Waals surface area contributed by atoms with Crippen LogP contribution >= 0.6 is 0 Å². The standard InChI is InChI=1S/C21H24.2H3N/c1-3-5-9-16(8-4-2)19-15-14-18-11-6-10-17-12-7-13-20(19)21(17)18;;/h4,6-7,10-16,19H,2-3,5,8-9H2,1H3;2*1H3. The first-order valence-corrected chi connectivity index (χ1v) is 8.16. The molecule has 23 heavy (non-hydrogen) atoms. The summed E-state index contributed by atoms with van der Waals surface area (Å²) in [6.45, 7) is 6.25. The number of hydrogen-bond acceptors (Lipinski definition) is 2. The largest absolute Gasteiger partial charge is 0.344 e. The minimum absolute atomic E-state index is 0. The number of rotatable bonds is 6. The molecule has 1 aliphatic carbocycles. The van der Waals surface area contributed by atoms with Crippen molar-refractivity contribution in [3.05, 3.63) is 66.3 Å². The van der Waals surface area contributed by atoms with Crippen LogP contribution in [0.1, 0.15) is 49.7 Å². The van der Waals surface area contributed by atoms with Crippen molar-refractivity contribution in [2.24, 2.45) is 5.92 Å². The molecule has 2 aromatic carbocycles. The second-order valence-corrected chi connectivity index (χ2v) is 6.10. The average Bonchev–Trinajstić information content (AvgIpc) is 2.53. The zero-order chi connectivity index (χ0) is 14.7. The van der Waals surface area contributed by atoms with Crippen LogP contribution in [0.3, 0.4) is 0 Å². The molecule has 3 rings (SSSR count). The first-order valence-electron chi connectivity index (χ1n) is 8.16. The summed E-state index contributed by atoms with van der Waals surface area (Å²) in [6.07, 6.45) is 11.8. The fourth-order valence-corrected chi connectivity index (χ4v) is 3.66. The molecule has 0 amide bonds. The van der Waals surface area contributed by atoms with E-state index in [1.54, 1.807) is 0 Å². The van der Waals surface area contributed by atoms with E-state index >= 15 is 0 Å². The van der Waals surface area contributed by atoms with E-state index < -0.39 is 0 Å². The minimum Gasteiger partial charge on any atom is -0.344 e. The quantitative estimate of drug-likeness (QED) is 0.586. The molecule has 1 aliphatic rings. The minimum atomic E-state index is 0. The zero-order valence-corrected chi connectivity index (χ0v) is 14.3. The monoisotopic (exact) mass is 310 g/mol. The Balaban J connectivity index is 0.00000132. The molecule has 2 atom stereocenters. The fourth-order valence-electron chi connectivity index (χ4n) is 3.66. The van der Waals surface area contributed by atoms with Crippen LogP contribution in [0.2, 0.25) is 0 Å². The van der Waals surface area contributed by atoms with Gasteiger partial charge in [0.15, 0.2) is 0 Å². The van der Waals surface area contributed by atoms with Gasteiger partial charge in [-0.05, 0) is 40.7 Å². The van der Waals surface area contributed by atoms with E-state index in [0.717, 1.165) is 6.42 Å². The first-order chi connectivity index (χ1) is 10.3. The van der Waals surface area contributed by atoms with Gasteiger partial charge in [-0.1, -0.05) is 74.4 Å². The van der Waals surface area contributed by atoms with E-state index in [1.165, 1.54) is 41.2 Å². The van der Waals surface area contributed by atoms with Crippen LogP contribution in [-0.4, -0.2) is 0 Å². The molecule has 0 aromatic heterocycles. The summed E-state index contributed by atoms with van der Waals surface area (Å²) in [5.74, 6) is 1.21. The summed E-state index contributed by atoms with van der Waals surface area (Å²) in [6, 6.07) is 13.4. The van der Waals surface area contributed by atoms with E-state index in [9.17, 15) is 0 Å². The number of benzene rings is 2. The smallest absolute Gasteiger partial charge is 0.00589 e. The molecular weight excluding hydrogens is 280 g/mol. The second-order valence-electron chi connectivity index (χ2n) is 6.10. The Bertz CT molecular complexity index is 667. The predicted molar refractivity (Wildman–Crippen MR) is 104 cm³/mol. The topological polar surface area (TPSA) is 70.0 Å². The molecular formula is C21H30N2. The van der Waals surface area contributed by atoms with E-state index in [2.05, 4.69) is 68.1 Å². The van der Waals surface area contributed by atoms with Crippen molar-refractivity contribution in [2.75, 3.05) is 0 Å². The summed E-state index contributed by atoms with van der Waals surface area (Å²) in [5.41, 5.74) is 2.88. The number of allylic oxidation sites excluding steroid dienone is 2. The Hall–Kier alpha value is -1.90. The van der Waals surface area contributed by atoms with Crippen LogP contribution in [0.5, 0.6) is 0 Å². The molecule has 0 radical (unpaired) electrons. The van der Waals surface area contributed by atoms with Gasteiger partial charge in [0.05, 0.1) is 0 Å². The van der Waals surface area contributed by atoms with Crippen LogP contribution in [-0.2, 0) is 0 Å². The normalized spacial score (nSPS) is 16.3. The van der Waals surface area contributed by atoms with Gasteiger partial charge in [0, 0.05) is 5.92 Å². The summed E-state index contributed by atoms with van der Waals surface area (Å²) in [7, 11) is 0. The molecule has 2 heteroatoms. The van der Waals surface area contributed by atoms with Crippen LogP contribution in [0.15, 0.2) is 55.1 Å². The maximum atomic E-state index is 3.97. The molecule has 2 unspecified atom stereocenters. The van der Waals surface area contributed by atoms with E-state index in [4.69, 9.17) is 0 Å². The zero-order valence-electron chi connectivity index (χ0n) is 14.3. The maximum absolute atomic E-state index is 3.97. The molecule has 0 saturated heterocycles. The van der Waals surface area contributed by atoms with Crippen molar-refractivity contribution in [1.82, 2.24) is 12.3 Å². The molecule has 2 nitrogen and oxygen atoms in total. The van der Waals surface area contributed by atoms with Gasteiger partial charge in [0.25, 0.3) is 0 Å². The molecule has 0 fully saturated rings. The van der Waals surface area contributed by atoms with Crippen molar-refractivity contribution in [2.45, 2.75) is 38.5 Å². The lowest BCUT2D eigenvalue weighted by atomic mass is 9.76. The average molecular weight is 310 g/mol. The van der Waals surface area contributed by atoms with Gasteiger partial charge >= 0.3 is 0 Å². The third-order valence-electron chi connectivity index (χ3n) is 4.72. The fraction of sp³-hybridized carbons (Fsp3) is 0.333. The highest BCUT2D eigenvalue weighted by molar-refractivity contribution is 5.95. The van der Waals surface area contributed by atoms with Crippen molar-refractivity contribution >= 4 is 16.8 Å². The highest BCUT2D eigenvalue weighted by Gasteiger charge is 2.24.